The third kappa shape index (κ3) is 4.92. The SMILES string of the molecule is COc1ccc(-c2sc(Nc3ncc(Cl)c(NCc4ccccc4OC)n3)nc2C)cc1. The first-order valence-electron chi connectivity index (χ1n) is 9.84. The molecule has 2 N–H and O–H groups in total. The van der Waals surface area contributed by atoms with Gasteiger partial charge in [-0.15, -0.1) is 0 Å². The first-order chi connectivity index (χ1) is 15.6. The highest BCUT2D eigenvalue weighted by atomic mass is 35.5. The minimum Gasteiger partial charge on any atom is -0.497 e. The highest BCUT2D eigenvalue weighted by Crippen LogP contribution is 2.34. The van der Waals surface area contributed by atoms with Crippen molar-refractivity contribution in [3.05, 3.63) is 71.0 Å². The van der Waals surface area contributed by atoms with Gasteiger partial charge in [-0.05, 0) is 42.8 Å². The van der Waals surface area contributed by atoms with Crippen LogP contribution in [0.5, 0.6) is 11.5 Å². The number of ether oxygens (including phenoxy) is 2. The molecule has 7 nitrogen and oxygen atoms in total. The van der Waals surface area contributed by atoms with Gasteiger partial charge in [-0.3, -0.25) is 5.32 Å². The van der Waals surface area contributed by atoms with Crippen LogP contribution in [0.15, 0.2) is 54.7 Å². The Labute approximate surface area is 195 Å². The molecule has 0 atom stereocenters. The molecule has 0 spiro atoms. The zero-order valence-electron chi connectivity index (χ0n) is 17.8. The molecule has 0 radical (unpaired) electrons. The van der Waals surface area contributed by atoms with Crippen LogP contribution >= 0.6 is 22.9 Å². The van der Waals surface area contributed by atoms with E-state index in [0.717, 1.165) is 33.2 Å². The molecule has 164 valence electrons. The number of hydrogen-bond acceptors (Lipinski definition) is 8. The van der Waals surface area contributed by atoms with Gasteiger partial charge < -0.3 is 14.8 Å². The topological polar surface area (TPSA) is 81.2 Å². The Hall–Kier alpha value is -3.36. The third-order valence-corrected chi connectivity index (χ3v) is 6.15. The molecule has 0 aliphatic heterocycles. The van der Waals surface area contributed by atoms with Crippen LogP contribution in [0.3, 0.4) is 0 Å². The summed E-state index contributed by atoms with van der Waals surface area (Å²) < 4.78 is 10.6. The van der Waals surface area contributed by atoms with Crippen LogP contribution in [0.1, 0.15) is 11.3 Å². The van der Waals surface area contributed by atoms with Gasteiger partial charge in [0.1, 0.15) is 16.5 Å². The summed E-state index contributed by atoms with van der Waals surface area (Å²) in [7, 11) is 3.30. The fourth-order valence-electron chi connectivity index (χ4n) is 3.14. The summed E-state index contributed by atoms with van der Waals surface area (Å²) in [6.07, 6.45) is 1.56. The Morgan fingerprint density at radius 3 is 2.53 bits per heavy atom. The number of methoxy groups -OCH3 is 2. The maximum absolute atomic E-state index is 6.30. The summed E-state index contributed by atoms with van der Waals surface area (Å²) in [5, 5.41) is 7.56. The predicted octanol–water partition coefficient (Wildman–Crippen LogP) is 5.93. The molecular formula is C23H22ClN5O2S. The highest BCUT2D eigenvalue weighted by Gasteiger charge is 2.13. The molecule has 4 rings (SSSR count). The number of para-hydroxylation sites is 1. The average Bonchev–Trinajstić information content (AvgIpc) is 3.19. The summed E-state index contributed by atoms with van der Waals surface area (Å²) in [5.74, 6) is 2.55. The summed E-state index contributed by atoms with van der Waals surface area (Å²) >= 11 is 7.84. The number of nitrogens with one attached hydrogen (secondary N) is 2. The van der Waals surface area contributed by atoms with E-state index in [1.165, 1.54) is 11.3 Å². The van der Waals surface area contributed by atoms with Gasteiger partial charge >= 0.3 is 0 Å². The smallest absolute Gasteiger partial charge is 0.231 e. The van der Waals surface area contributed by atoms with Crippen molar-refractivity contribution < 1.29 is 9.47 Å². The van der Waals surface area contributed by atoms with E-state index >= 15 is 0 Å². The maximum atomic E-state index is 6.30. The maximum Gasteiger partial charge on any atom is 0.231 e. The van der Waals surface area contributed by atoms with E-state index in [2.05, 4.69) is 25.6 Å². The second-order valence-corrected chi connectivity index (χ2v) is 8.25. The number of hydrogen-bond donors (Lipinski definition) is 2. The highest BCUT2D eigenvalue weighted by molar-refractivity contribution is 7.19. The van der Waals surface area contributed by atoms with Gasteiger partial charge in [-0.2, -0.15) is 4.98 Å². The summed E-state index contributed by atoms with van der Waals surface area (Å²) in [6, 6.07) is 15.7. The fourth-order valence-corrected chi connectivity index (χ4v) is 4.26. The standard InChI is InChI=1S/C23H22ClN5O2S/c1-14-20(15-8-10-17(30-2)11-9-15)32-23(27-14)29-22-26-13-18(24)21(28-22)25-12-16-6-4-5-7-19(16)31-3/h4-11,13H,12H2,1-3H3,(H2,25,26,27,28,29). The van der Waals surface area contributed by atoms with Crippen molar-refractivity contribution in [2.24, 2.45) is 0 Å². The van der Waals surface area contributed by atoms with E-state index in [-0.39, 0.29) is 0 Å². The lowest BCUT2D eigenvalue weighted by Crippen LogP contribution is -2.06. The molecule has 4 aromatic rings. The second-order valence-electron chi connectivity index (χ2n) is 6.84. The monoisotopic (exact) mass is 467 g/mol. The zero-order valence-corrected chi connectivity index (χ0v) is 19.4. The van der Waals surface area contributed by atoms with Crippen LogP contribution < -0.4 is 20.1 Å². The molecule has 9 heteroatoms. The van der Waals surface area contributed by atoms with Gasteiger partial charge in [0.2, 0.25) is 5.95 Å². The number of thiazole rings is 1. The number of nitrogens with zero attached hydrogens (tertiary/aromatic N) is 3. The second kappa shape index (κ2) is 9.84. The Morgan fingerprint density at radius 2 is 1.78 bits per heavy atom. The predicted molar refractivity (Wildman–Crippen MR) is 129 cm³/mol. The lowest BCUT2D eigenvalue weighted by Gasteiger charge is -2.11. The van der Waals surface area contributed by atoms with Gasteiger partial charge in [-0.25, -0.2) is 9.97 Å². The molecule has 2 aromatic carbocycles. The molecule has 32 heavy (non-hydrogen) atoms. The van der Waals surface area contributed by atoms with E-state index in [1.807, 2.05) is 55.5 Å². The van der Waals surface area contributed by atoms with Gasteiger partial charge in [-0.1, -0.05) is 41.1 Å². The van der Waals surface area contributed by atoms with Crippen LogP contribution in [0.2, 0.25) is 5.02 Å². The van der Waals surface area contributed by atoms with Crippen molar-refractivity contribution in [2.75, 3.05) is 24.9 Å². The molecule has 0 aliphatic rings. The van der Waals surface area contributed by atoms with Gasteiger partial charge in [0.15, 0.2) is 10.9 Å². The Kier molecular flexibility index (Phi) is 6.72. The molecule has 0 bridgehead atoms. The number of rotatable bonds is 8. The summed E-state index contributed by atoms with van der Waals surface area (Å²) in [6.45, 7) is 2.49. The molecule has 0 aliphatic carbocycles. The lowest BCUT2D eigenvalue weighted by atomic mass is 10.1. The zero-order chi connectivity index (χ0) is 22.5. The van der Waals surface area contributed by atoms with E-state index in [4.69, 9.17) is 21.1 Å². The number of benzene rings is 2. The van der Waals surface area contributed by atoms with Gasteiger partial charge in [0.25, 0.3) is 0 Å². The number of aryl methyl sites for hydroxylation is 1. The van der Waals surface area contributed by atoms with Gasteiger partial charge in [0.05, 0.1) is 31.0 Å². The Bertz CT molecular complexity index is 1210. The van der Waals surface area contributed by atoms with Crippen molar-refractivity contribution in [3.8, 4) is 21.9 Å². The van der Waals surface area contributed by atoms with Crippen LogP contribution in [0, 0.1) is 6.92 Å². The Balaban J connectivity index is 1.50. The minimum atomic E-state index is 0.409. The van der Waals surface area contributed by atoms with Crippen molar-refractivity contribution in [2.45, 2.75) is 13.5 Å². The molecule has 0 unspecified atom stereocenters. The molecule has 2 heterocycles. The van der Waals surface area contributed by atoms with Crippen molar-refractivity contribution in [1.29, 1.82) is 0 Å². The largest absolute Gasteiger partial charge is 0.497 e. The molecular weight excluding hydrogens is 446 g/mol. The quantitative estimate of drug-likeness (QED) is 0.332. The first kappa shape index (κ1) is 21.9. The van der Waals surface area contributed by atoms with Crippen LogP contribution in [0.25, 0.3) is 10.4 Å². The van der Waals surface area contributed by atoms with Crippen molar-refractivity contribution in [1.82, 2.24) is 15.0 Å². The summed E-state index contributed by atoms with van der Waals surface area (Å²) in [5.41, 5.74) is 3.00. The third-order valence-electron chi connectivity index (χ3n) is 4.75. The molecule has 2 aromatic heterocycles. The first-order valence-corrected chi connectivity index (χ1v) is 11.0. The molecule has 0 saturated heterocycles. The molecule has 0 saturated carbocycles. The molecule has 0 amide bonds. The molecule has 0 fully saturated rings. The van der Waals surface area contributed by atoms with Crippen molar-refractivity contribution >= 4 is 39.8 Å². The fraction of sp³-hybridized carbons (Fsp3) is 0.174. The van der Waals surface area contributed by atoms with Crippen LogP contribution in [-0.4, -0.2) is 29.2 Å². The normalized spacial score (nSPS) is 10.6. The van der Waals surface area contributed by atoms with Crippen LogP contribution in [0.4, 0.5) is 16.9 Å². The summed E-state index contributed by atoms with van der Waals surface area (Å²) in [4.78, 5) is 14.5. The number of anilines is 3. The van der Waals surface area contributed by atoms with Crippen LogP contribution in [-0.2, 0) is 6.54 Å². The number of halogens is 1. The van der Waals surface area contributed by atoms with E-state index < -0.39 is 0 Å². The van der Waals surface area contributed by atoms with E-state index in [0.29, 0.717) is 28.5 Å². The lowest BCUT2D eigenvalue weighted by molar-refractivity contribution is 0.410. The van der Waals surface area contributed by atoms with E-state index in [1.54, 1.807) is 20.4 Å². The van der Waals surface area contributed by atoms with E-state index in [9.17, 15) is 0 Å². The minimum absolute atomic E-state index is 0.409. The number of aromatic nitrogens is 3. The van der Waals surface area contributed by atoms with Crippen molar-refractivity contribution in [3.63, 3.8) is 0 Å². The van der Waals surface area contributed by atoms with Gasteiger partial charge in [0, 0.05) is 12.1 Å². The average molecular weight is 468 g/mol. The Morgan fingerprint density at radius 1 is 1.00 bits per heavy atom.